The highest BCUT2D eigenvalue weighted by atomic mass is 16.5. The van der Waals surface area contributed by atoms with Crippen molar-refractivity contribution in [2.45, 2.75) is 92.2 Å². The van der Waals surface area contributed by atoms with Crippen molar-refractivity contribution in [2.75, 3.05) is 0 Å². The number of benzene rings is 1. The Labute approximate surface area is 180 Å². The molecular formula is C24H37NO5. The first-order valence-electron chi connectivity index (χ1n) is 10.9. The Morgan fingerprint density at radius 2 is 1.63 bits per heavy atom. The van der Waals surface area contributed by atoms with Gasteiger partial charge in [0.1, 0.15) is 11.9 Å². The largest absolute Gasteiger partial charge is 0.460 e. The lowest BCUT2D eigenvalue weighted by molar-refractivity contribution is -0.151. The lowest BCUT2D eigenvalue weighted by Crippen LogP contribution is -2.40. The molecule has 2 atom stereocenters. The molecule has 6 heteroatoms. The lowest BCUT2D eigenvalue weighted by Gasteiger charge is -2.31. The highest BCUT2D eigenvalue weighted by Gasteiger charge is 2.30. The molecule has 0 fully saturated rings. The molecule has 0 aliphatic heterocycles. The molecular weight excluding hydrogens is 382 g/mol. The number of hydrogen-bond acceptors (Lipinski definition) is 5. The van der Waals surface area contributed by atoms with E-state index in [0.717, 1.165) is 30.4 Å². The van der Waals surface area contributed by atoms with Crippen molar-refractivity contribution < 1.29 is 23.9 Å². The molecule has 0 heterocycles. The van der Waals surface area contributed by atoms with Gasteiger partial charge in [-0.15, -0.1) is 0 Å². The Morgan fingerprint density at radius 3 is 2.17 bits per heavy atom. The van der Waals surface area contributed by atoms with Crippen molar-refractivity contribution in [3.05, 3.63) is 29.3 Å². The van der Waals surface area contributed by atoms with Gasteiger partial charge < -0.3 is 14.8 Å². The van der Waals surface area contributed by atoms with E-state index >= 15 is 0 Å². The smallest absolute Gasteiger partial charge is 0.308 e. The summed E-state index contributed by atoms with van der Waals surface area (Å²) in [6.45, 7) is 10.2. The number of unbranched alkanes of at least 4 members (excludes halogenated alkanes) is 4. The van der Waals surface area contributed by atoms with Gasteiger partial charge in [0.15, 0.2) is 0 Å². The number of carbonyl (C=O) groups is 3. The minimum Gasteiger partial charge on any atom is -0.460 e. The van der Waals surface area contributed by atoms with Crippen molar-refractivity contribution in [3.8, 4) is 5.75 Å². The Bertz CT molecular complexity index is 714. The molecule has 30 heavy (non-hydrogen) atoms. The van der Waals surface area contributed by atoms with Gasteiger partial charge in [0.25, 0.3) is 0 Å². The maximum atomic E-state index is 11.9. The van der Waals surface area contributed by atoms with Gasteiger partial charge in [0.05, 0.1) is 6.04 Å². The van der Waals surface area contributed by atoms with E-state index in [4.69, 9.17) is 9.47 Å². The molecule has 0 saturated carbocycles. The third kappa shape index (κ3) is 8.97. The molecule has 0 aliphatic carbocycles. The fourth-order valence-electron chi connectivity index (χ4n) is 3.49. The molecule has 168 valence electrons. The van der Waals surface area contributed by atoms with Crippen LogP contribution in [0, 0.1) is 5.92 Å². The average Bonchev–Trinajstić information content (AvgIpc) is 2.64. The summed E-state index contributed by atoms with van der Waals surface area (Å²) < 4.78 is 11.0. The van der Waals surface area contributed by atoms with Crippen LogP contribution >= 0.6 is 0 Å². The van der Waals surface area contributed by atoms with Gasteiger partial charge in [-0.25, -0.2) is 0 Å². The van der Waals surface area contributed by atoms with Crippen LogP contribution in [0.15, 0.2) is 18.2 Å². The van der Waals surface area contributed by atoms with Gasteiger partial charge in [-0.05, 0) is 36.0 Å². The van der Waals surface area contributed by atoms with Gasteiger partial charge in [-0.1, -0.05) is 58.6 Å². The number of nitrogens with one attached hydrogen (secondary N) is 1. The summed E-state index contributed by atoms with van der Waals surface area (Å²) in [4.78, 5) is 35.2. The molecule has 1 amide bonds. The molecule has 1 aromatic rings. The predicted molar refractivity (Wildman–Crippen MR) is 117 cm³/mol. The quantitative estimate of drug-likeness (QED) is 0.296. The highest BCUT2D eigenvalue weighted by molar-refractivity contribution is 5.74. The topological polar surface area (TPSA) is 81.7 Å². The summed E-state index contributed by atoms with van der Waals surface area (Å²) in [5, 5.41) is 2.89. The second kappa shape index (κ2) is 13.0. The van der Waals surface area contributed by atoms with E-state index in [0.29, 0.717) is 5.75 Å². The van der Waals surface area contributed by atoms with Gasteiger partial charge in [0, 0.05) is 20.8 Å². The van der Waals surface area contributed by atoms with Crippen molar-refractivity contribution in [1.29, 1.82) is 0 Å². The van der Waals surface area contributed by atoms with Crippen LogP contribution in [0.2, 0.25) is 0 Å². The first-order valence-corrected chi connectivity index (χ1v) is 10.9. The molecule has 0 aromatic heterocycles. The van der Waals surface area contributed by atoms with Crippen LogP contribution in [0.25, 0.3) is 0 Å². The minimum absolute atomic E-state index is 0.0267. The van der Waals surface area contributed by atoms with Crippen LogP contribution in [-0.2, 0) is 25.5 Å². The van der Waals surface area contributed by atoms with Gasteiger partial charge in [-0.2, -0.15) is 0 Å². The molecule has 0 aliphatic rings. The standard InChI is InChI=1S/C24H37NO5/c1-7-8-9-10-11-12-20-13-14-21(15-22(20)29-18(5)27)23(25-17(4)26)24(16(2)3)30-19(6)28/h13-16,23-24H,7-12H2,1-6H3,(H,25,26). The zero-order chi connectivity index (χ0) is 22.7. The van der Waals surface area contributed by atoms with E-state index in [9.17, 15) is 14.4 Å². The van der Waals surface area contributed by atoms with Crippen molar-refractivity contribution in [2.24, 2.45) is 5.92 Å². The first-order chi connectivity index (χ1) is 14.1. The van der Waals surface area contributed by atoms with Crippen LogP contribution in [-0.4, -0.2) is 23.9 Å². The summed E-state index contributed by atoms with van der Waals surface area (Å²) in [6, 6.07) is 5.09. The van der Waals surface area contributed by atoms with E-state index < -0.39 is 24.1 Å². The molecule has 2 unspecified atom stereocenters. The fraction of sp³-hybridized carbons (Fsp3) is 0.625. The van der Waals surface area contributed by atoms with E-state index in [-0.39, 0.29) is 11.8 Å². The lowest BCUT2D eigenvalue weighted by atomic mass is 9.91. The molecule has 1 aromatic carbocycles. The third-order valence-corrected chi connectivity index (χ3v) is 4.90. The monoisotopic (exact) mass is 419 g/mol. The molecule has 0 bridgehead atoms. The Morgan fingerprint density at radius 1 is 0.967 bits per heavy atom. The summed E-state index contributed by atoms with van der Waals surface area (Å²) in [7, 11) is 0. The van der Waals surface area contributed by atoms with Gasteiger partial charge in [-0.3, -0.25) is 14.4 Å². The Kier molecular flexibility index (Phi) is 11.2. The maximum absolute atomic E-state index is 11.9. The number of esters is 2. The third-order valence-electron chi connectivity index (χ3n) is 4.90. The summed E-state index contributed by atoms with van der Waals surface area (Å²) in [6.07, 6.45) is 6.03. The average molecular weight is 420 g/mol. The van der Waals surface area contributed by atoms with Gasteiger partial charge in [0.2, 0.25) is 5.91 Å². The fourth-order valence-corrected chi connectivity index (χ4v) is 3.49. The first kappa shape index (κ1) is 25.7. The zero-order valence-electron chi connectivity index (χ0n) is 19.2. The molecule has 0 spiro atoms. The van der Waals surface area contributed by atoms with Crippen LogP contribution < -0.4 is 10.1 Å². The summed E-state index contributed by atoms with van der Waals surface area (Å²) in [5.41, 5.74) is 1.69. The van der Waals surface area contributed by atoms with Crippen molar-refractivity contribution >= 4 is 17.8 Å². The predicted octanol–water partition coefficient (Wildman–Crippen LogP) is 4.89. The maximum Gasteiger partial charge on any atom is 0.308 e. The second-order valence-electron chi connectivity index (χ2n) is 8.12. The summed E-state index contributed by atoms with van der Waals surface area (Å²) in [5.74, 6) is -0.562. The van der Waals surface area contributed by atoms with Crippen LogP contribution in [0.1, 0.15) is 90.8 Å². The van der Waals surface area contributed by atoms with E-state index in [1.165, 1.54) is 40.0 Å². The van der Waals surface area contributed by atoms with Crippen molar-refractivity contribution in [1.82, 2.24) is 5.32 Å². The van der Waals surface area contributed by atoms with Crippen molar-refractivity contribution in [3.63, 3.8) is 0 Å². The summed E-state index contributed by atoms with van der Waals surface area (Å²) >= 11 is 0. The minimum atomic E-state index is -0.545. The van der Waals surface area contributed by atoms with E-state index in [1.807, 2.05) is 26.0 Å². The van der Waals surface area contributed by atoms with Gasteiger partial charge >= 0.3 is 11.9 Å². The van der Waals surface area contributed by atoms with Crippen LogP contribution in [0.4, 0.5) is 0 Å². The number of rotatable bonds is 12. The molecule has 0 radical (unpaired) electrons. The normalized spacial score (nSPS) is 12.9. The molecule has 1 rings (SSSR count). The second-order valence-corrected chi connectivity index (χ2v) is 8.12. The molecule has 0 saturated heterocycles. The number of carbonyl (C=O) groups excluding carboxylic acids is 3. The SMILES string of the molecule is CCCCCCCc1ccc(C(NC(C)=O)C(OC(C)=O)C(C)C)cc1OC(C)=O. The van der Waals surface area contributed by atoms with Crippen LogP contribution in [0.5, 0.6) is 5.75 Å². The Hall–Kier alpha value is -2.37. The van der Waals surface area contributed by atoms with Crippen LogP contribution in [0.3, 0.4) is 0 Å². The zero-order valence-corrected chi connectivity index (χ0v) is 19.2. The Balaban J connectivity index is 3.21. The molecule has 1 N–H and O–H groups in total. The van der Waals surface area contributed by atoms with E-state index in [1.54, 1.807) is 6.07 Å². The highest BCUT2D eigenvalue weighted by Crippen LogP contribution is 2.31. The number of hydrogen-bond donors (Lipinski definition) is 1. The number of amides is 1. The number of aryl methyl sites for hydroxylation is 1. The number of ether oxygens (including phenoxy) is 2. The molecule has 6 nitrogen and oxygen atoms in total. The van der Waals surface area contributed by atoms with E-state index in [2.05, 4.69) is 12.2 Å².